The van der Waals surface area contributed by atoms with Crippen molar-refractivity contribution in [3.63, 3.8) is 0 Å². The molecule has 2 amide bonds. The molecule has 3 rings (SSSR count). The van der Waals surface area contributed by atoms with E-state index in [4.69, 9.17) is 14.2 Å². The summed E-state index contributed by atoms with van der Waals surface area (Å²) in [5.74, 6) is 0.276. The number of nitrogens with one attached hydrogen (secondary N) is 2. The Morgan fingerprint density at radius 1 is 1.33 bits per heavy atom. The average molecular weight is 394 g/mol. The highest BCUT2D eigenvalue weighted by Gasteiger charge is 2.26. The molecule has 27 heavy (non-hydrogen) atoms. The maximum absolute atomic E-state index is 12.6. The predicted octanol–water partition coefficient (Wildman–Crippen LogP) is 1.08. The topological polar surface area (TPSA) is 132 Å². The number of amides is 2. The normalized spacial score (nSPS) is 15.7. The molecule has 10 nitrogen and oxygen atoms in total. The Morgan fingerprint density at radius 2 is 2.07 bits per heavy atom. The van der Waals surface area contributed by atoms with Gasteiger partial charge in [-0.1, -0.05) is 12.1 Å². The molecule has 1 aliphatic heterocycles. The summed E-state index contributed by atoms with van der Waals surface area (Å²) in [5.41, 5.74) is 0.543. The summed E-state index contributed by atoms with van der Waals surface area (Å²) in [7, 11) is -2.76. The van der Waals surface area contributed by atoms with E-state index in [1.54, 1.807) is 19.1 Å². The van der Waals surface area contributed by atoms with Gasteiger partial charge in [0.1, 0.15) is 23.4 Å². The molecular formula is C16H18N4O6S. The van der Waals surface area contributed by atoms with E-state index in [0.29, 0.717) is 12.3 Å². The van der Waals surface area contributed by atoms with Crippen LogP contribution in [0.5, 0.6) is 11.6 Å². The molecule has 11 heteroatoms. The van der Waals surface area contributed by atoms with Gasteiger partial charge in [-0.25, -0.2) is 22.9 Å². The summed E-state index contributed by atoms with van der Waals surface area (Å²) in [5, 5.41) is 2.27. The van der Waals surface area contributed by atoms with Crippen LogP contribution in [0.25, 0.3) is 0 Å². The molecule has 1 aromatic carbocycles. The first-order valence-corrected chi connectivity index (χ1v) is 9.42. The fourth-order valence-corrected chi connectivity index (χ4v) is 3.20. The number of ether oxygens (including phenoxy) is 3. The van der Waals surface area contributed by atoms with Crippen LogP contribution in [0.15, 0.2) is 35.2 Å². The van der Waals surface area contributed by atoms with Crippen LogP contribution < -0.4 is 19.5 Å². The summed E-state index contributed by atoms with van der Waals surface area (Å²) in [4.78, 5) is 19.9. The van der Waals surface area contributed by atoms with Gasteiger partial charge >= 0.3 is 6.03 Å². The van der Waals surface area contributed by atoms with E-state index in [2.05, 4.69) is 15.3 Å². The van der Waals surface area contributed by atoms with E-state index in [1.165, 1.54) is 25.3 Å². The number of carbonyl (C=O) groups excluding carboxylic acids is 1. The van der Waals surface area contributed by atoms with Crippen molar-refractivity contribution in [1.29, 1.82) is 0 Å². The molecule has 2 heterocycles. The first kappa shape index (κ1) is 18.9. The van der Waals surface area contributed by atoms with Crippen LogP contribution in [0.3, 0.4) is 0 Å². The molecule has 1 aromatic heterocycles. The fourth-order valence-electron chi connectivity index (χ4n) is 2.14. The average Bonchev–Trinajstić information content (AvgIpc) is 3.43. The SMILES string of the molecule is COc1cc(C)nc(NC(=O)NS(=O)(=O)c2ccccc2OCC2CO2)n1. The van der Waals surface area contributed by atoms with Gasteiger partial charge in [-0.3, -0.25) is 5.32 Å². The minimum absolute atomic E-state index is 0.0366. The zero-order chi connectivity index (χ0) is 19.4. The van der Waals surface area contributed by atoms with E-state index in [9.17, 15) is 13.2 Å². The number of hydrogen-bond acceptors (Lipinski definition) is 8. The number of urea groups is 1. The molecule has 1 atom stereocenters. The highest BCUT2D eigenvalue weighted by Crippen LogP contribution is 2.24. The molecule has 0 bridgehead atoms. The maximum atomic E-state index is 12.6. The van der Waals surface area contributed by atoms with E-state index in [-0.39, 0.29) is 35.2 Å². The van der Waals surface area contributed by atoms with Crippen LogP contribution in [0.4, 0.5) is 10.7 Å². The third-order valence-corrected chi connectivity index (χ3v) is 4.83. The maximum Gasteiger partial charge on any atom is 0.335 e. The van der Waals surface area contributed by atoms with Crippen molar-refractivity contribution in [1.82, 2.24) is 14.7 Å². The van der Waals surface area contributed by atoms with Crippen LogP contribution in [0.2, 0.25) is 0 Å². The van der Waals surface area contributed by atoms with Crippen molar-refractivity contribution in [3.05, 3.63) is 36.0 Å². The van der Waals surface area contributed by atoms with Crippen LogP contribution in [-0.4, -0.2) is 50.8 Å². The Labute approximate surface area is 155 Å². The van der Waals surface area contributed by atoms with Crippen molar-refractivity contribution in [2.24, 2.45) is 0 Å². The number of methoxy groups -OCH3 is 1. The van der Waals surface area contributed by atoms with Crippen molar-refractivity contribution in [3.8, 4) is 11.6 Å². The molecule has 2 aromatic rings. The Bertz CT molecular complexity index is 946. The molecule has 2 N–H and O–H groups in total. The third kappa shape index (κ3) is 5.05. The van der Waals surface area contributed by atoms with E-state index in [0.717, 1.165) is 0 Å². The first-order chi connectivity index (χ1) is 12.9. The highest BCUT2D eigenvalue weighted by atomic mass is 32.2. The van der Waals surface area contributed by atoms with Crippen LogP contribution in [0.1, 0.15) is 5.69 Å². The number of carbonyl (C=O) groups is 1. The molecular weight excluding hydrogens is 376 g/mol. The van der Waals surface area contributed by atoms with Crippen molar-refractivity contribution >= 4 is 22.0 Å². The van der Waals surface area contributed by atoms with Crippen LogP contribution in [-0.2, 0) is 14.8 Å². The molecule has 0 aliphatic carbocycles. The highest BCUT2D eigenvalue weighted by molar-refractivity contribution is 7.90. The molecule has 144 valence electrons. The smallest absolute Gasteiger partial charge is 0.335 e. The number of hydrogen-bond donors (Lipinski definition) is 2. The minimum atomic E-state index is -4.18. The number of anilines is 1. The van der Waals surface area contributed by atoms with Crippen molar-refractivity contribution < 1.29 is 27.4 Å². The van der Waals surface area contributed by atoms with E-state index < -0.39 is 16.1 Å². The van der Waals surface area contributed by atoms with Gasteiger partial charge in [0, 0.05) is 11.8 Å². The second kappa shape index (κ2) is 7.76. The Morgan fingerprint density at radius 3 is 2.78 bits per heavy atom. The summed E-state index contributed by atoms with van der Waals surface area (Å²) in [6, 6.07) is 6.56. The van der Waals surface area contributed by atoms with Gasteiger partial charge in [-0.2, -0.15) is 4.98 Å². The monoisotopic (exact) mass is 394 g/mol. The molecule has 1 fully saturated rings. The van der Waals surface area contributed by atoms with Gasteiger partial charge < -0.3 is 14.2 Å². The van der Waals surface area contributed by atoms with Gasteiger partial charge in [-0.05, 0) is 19.1 Å². The first-order valence-electron chi connectivity index (χ1n) is 7.94. The van der Waals surface area contributed by atoms with E-state index in [1.807, 2.05) is 4.72 Å². The zero-order valence-electron chi connectivity index (χ0n) is 14.6. The Kier molecular flexibility index (Phi) is 5.42. The van der Waals surface area contributed by atoms with Crippen LogP contribution >= 0.6 is 0 Å². The summed E-state index contributed by atoms with van der Waals surface area (Å²) in [6.07, 6.45) is -0.0366. The van der Waals surface area contributed by atoms with E-state index >= 15 is 0 Å². The van der Waals surface area contributed by atoms with Gasteiger partial charge in [0.2, 0.25) is 11.8 Å². The number of aryl methyl sites for hydroxylation is 1. The standard InChI is InChI=1S/C16H18N4O6S/c1-10-7-14(24-2)18-15(17-10)19-16(21)20-27(22,23)13-6-4-3-5-12(13)26-9-11-8-25-11/h3-7,11H,8-9H2,1-2H3,(H2,17,18,19,20,21). The molecule has 1 aliphatic rings. The lowest BCUT2D eigenvalue weighted by Gasteiger charge is -2.12. The van der Waals surface area contributed by atoms with Crippen molar-refractivity contribution in [2.75, 3.05) is 25.6 Å². The molecule has 1 unspecified atom stereocenters. The lowest BCUT2D eigenvalue weighted by atomic mass is 10.3. The van der Waals surface area contributed by atoms with Gasteiger partial charge in [0.05, 0.1) is 13.7 Å². The third-order valence-electron chi connectivity index (χ3n) is 3.46. The number of sulfonamides is 1. The zero-order valence-corrected chi connectivity index (χ0v) is 15.4. The second-order valence-electron chi connectivity index (χ2n) is 5.65. The predicted molar refractivity (Wildman–Crippen MR) is 94.3 cm³/mol. The molecule has 0 saturated carbocycles. The second-order valence-corrected chi connectivity index (χ2v) is 7.30. The minimum Gasteiger partial charge on any atom is -0.489 e. The summed E-state index contributed by atoms with van der Waals surface area (Å²) < 4.78 is 42.5. The number of aromatic nitrogens is 2. The summed E-state index contributed by atoms with van der Waals surface area (Å²) in [6.45, 7) is 2.49. The number of rotatable bonds is 7. The Balaban J connectivity index is 1.72. The quantitative estimate of drug-likeness (QED) is 0.667. The summed E-state index contributed by atoms with van der Waals surface area (Å²) >= 11 is 0. The fraction of sp³-hybridized carbons (Fsp3) is 0.312. The van der Waals surface area contributed by atoms with Crippen LogP contribution in [0, 0.1) is 6.92 Å². The number of para-hydroxylation sites is 1. The number of nitrogens with zero attached hydrogens (tertiary/aromatic N) is 2. The largest absolute Gasteiger partial charge is 0.489 e. The van der Waals surface area contributed by atoms with Gasteiger partial charge in [0.15, 0.2) is 0 Å². The van der Waals surface area contributed by atoms with Gasteiger partial charge in [0.25, 0.3) is 10.0 Å². The lowest BCUT2D eigenvalue weighted by Crippen LogP contribution is -2.35. The number of benzene rings is 1. The lowest BCUT2D eigenvalue weighted by molar-refractivity contribution is 0.255. The number of epoxide rings is 1. The Hall–Kier alpha value is -2.92. The van der Waals surface area contributed by atoms with Crippen molar-refractivity contribution in [2.45, 2.75) is 17.9 Å². The van der Waals surface area contributed by atoms with Gasteiger partial charge in [-0.15, -0.1) is 0 Å². The molecule has 1 saturated heterocycles. The molecule has 0 spiro atoms. The molecule has 0 radical (unpaired) electrons.